The van der Waals surface area contributed by atoms with Crippen molar-refractivity contribution in [1.82, 2.24) is 9.55 Å². The third-order valence-electron chi connectivity index (χ3n) is 2.59. The third-order valence-corrected chi connectivity index (χ3v) is 2.59. The van der Waals surface area contributed by atoms with Crippen molar-refractivity contribution in [2.75, 3.05) is 0 Å². The summed E-state index contributed by atoms with van der Waals surface area (Å²) in [6.45, 7) is 6.54. The highest BCUT2D eigenvalue weighted by atomic mass is 15.0. The Morgan fingerprint density at radius 1 is 1.27 bits per heavy atom. The molecule has 78 valence electrons. The van der Waals surface area contributed by atoms with Crippen LogP contribution in [0.3, 0.4) is 0 Å². The van der Waals surface area contributed by atoms with Gasteiger partial charge in [0.15, 0.2) is 0 Å². The van der Waals surface area contributed by atoms with Crippen molar-refractivity contribution in [3.63, 3.8) is 0 Å². The van der Waals surface area contributed by atoms with E-state index < -0.39 is 0 Å². The van der Waals surface area contributed by atoms with E-state index in [1.165, 1.54) is 16.8 Å². The Morgan fingerprint density at radius 3 is 2.67 bits per heavy atom. The summed E-state index contributed by atoms with van der Waals surface area (Å²) in [5.41, 5.74) is 3.88. The normalized spacial score (nSPS) is 10.9. The summed E-state index contributed by atoms with van der Waals surface area (Å²) < 4.78 is 2.07. The van der Waals surface area contributed by atoms with Crippen LogP contribution in [0.1, 0.15) is 30.9 Å². The summed E-state index contributed by atoms with van der Waals surface area (Å²) in [5.74, 6) is 0.531. The largest absolute Gasteiger partial charge is 0.306 e. The molecule has 0 aliphatic heterocycles. The van der Waals surface area contributed by atoms with Crippen LogP contribution < -0.4 is 0 Å². The lowest BCUT2D eigenvalue weighted by Gasteiger charge is -2.14. The molecule has 0 N–H and O–H groups in total. The number of aromatic nitrogens is 2. The highest BCUT2D eigenvalue weighted by Gasteiger charge is 2.07. The van der Waals surface area contributed by atoms with E-state index in [0.717, 1.165) is 0 Å². The number of rotatable bonds is 2. The Bertz CT molecular complexity index is 442. The Balaban J connectivity index is 2.58. The van der Waals surface area contributed by atoms with Gasteiger partial charge >= 0.3 is 0 Å². The number of hydrogen-bond acceptors (Lipinski definition) is 1. The predicted octanol–water partition coefficient (Wildman–Crippen LogP) is 3.30. The lowest BCUT2D eigenvalue weighted by atomic mass is 9.99. The van der Waals surface area contributed by atoms with Crippen LogP contribution in [0.5, 0.6) is 0 Å². The van der Waals surface area contributed by atoms with Gasteiger partial charge in [-0.05, 0) is 30.0 Å². The van der Waals surface area contributed by atoms with Gasteiger partial charge in [0.05, 0.1) is 12.0 Å². The Hall–Kier alpha value is -1.57. The molecule has 0 amide bonds. The Kier molecular flexibility index (Phi) is 2.58. The van der Waals surface area contributed by atoms with Crippen molar-refractivity contribution in [2.45, 2.75) is 26.7 Å². The summed E-state index contributed by atoms with van der Waals surface area (Å²) >= 11 is 0. The zero-order valence-corrected chi connectivity index (χ0v) is 9.44. The van der Waals surface area contributed by atoms with E-state index in [4.69, 9.17) is 0 Å². The van der Waals surface area contributed by atoms with E-state index in [2.05, 4.69) is 48.5 Å². The quantitative estimate of drug-likeness (QED) is 0.727. The molecule has 0 fully saturated rings. The van der Waals surface area contributed by atoms with E-state index in [0.29, 0.717) is 5.92 Å². The van der Waals surface area contributed by atoms with Gasteiger partial charge in [0.2, 0.25) is 0 Å². The topological polar surface area (TPSA) is 17.8 Å². The molecule has 1 aromatic heterocycles. The summed E-state index contributed by atoms with van der Waals surface area (Å²) in [5, 5.41) is 0. The van der Waals surface area contributed by atoms with Crippen LogP contribution in [0.2, 0.25) is 0 Å². The summed E-state index contributed by atoms with van der Waals surface area (Å²) in [7, 11) is 0. The molecule has 0 spiro atoms. The fourth-order valence-corrected chi connectivity index (χ4v) is 1.77. The maximum Gasteiger partial charge on any atom is 0.0991 e. The minimum absolute atomic E-state index is 0.531. The molecule has 15 heavy (non-hydrogen) atoms. The predicted molar refractivity (Wildman–Crippen MR) is 62.4 cm³/mol. The van der Waals surface area contributed by atoms with Crippen LogP contribution in [-0.2, 0) is 0 Å². The van der Waals surface area contributed by atoms with Gasteiger partial charge in [0.1, 0.15) is 0 Å². The minimum atomic E-state index is 0.531. The van der Waals surface area contributed by atoms with Crippen LogP contribution in [0.25, 0.3) is 5.69 Å². The van der Waals surface area contributed by atoms with Gasteiger partial charge in [-0.15, -0.1) is 0 Å². The van der Waals surface area contributed by atoms with E-state index in [1.807, 2.05) is 18.7 Å². The van der Waals surface area contributed by atoms with Crippen molar-refractivity contribution in [2.24, 2.45) is 0 Å². The number of hydrogen-bond donors (Lipinski definition) is 0. The van der Waals surface area contributed by atoms with Crippen molar-refractivity contribution in [3.05, 3.63) is 48.0 Å². The molecule has 1 heterocycles. The number of nitrogens with zero attached hydrogens (tertiary/aromatic N) is 2. The maximum absolute atomic E-state index is 4.09. The molecule has 2 heteroatoms. The number of aryl methyl sites for hydroxylation is 1. The molecule has 2 rings (SSSR count). The SMILES string of the molecule is Cc1ccc(C(C)C)c(-n2ccnc2)c1. The van der Waals surface area contributed by atoms with Gasteiger partial charge in [-0.25, -0.2) is 4.98 Å². The van der Waals surface area contributed by atoms with Gasteiger partial charge in [-0.1, -0.05) is 26.0 Å². The first-order valence-electron chi connectivity index (χ1n) is 5.27. The molecule has 0 aliphatic carbocycles. The monoisotopic (exact) mass is 200 g/mol. The lowest BCUT2D eigenvalue weighted by Crippen LogP contribution is -1.99. The maximum atomic E-state index is 4.09. The molecule has 1 aromatic carbocycles. The van der Waals surface area contributed by atoms with Crippen molar-refractivity contribution in [1.29, 1.82) is 0 Å². The van der Waals surface area contributed by atoms with Gasteiger partial charge in [0.25, 0.3) is 0 Å². The molecular formula is C13H16N2. The summed E-state index contributed by atoms with van der Waals surface area (Å²) in [4.78, 5) is 4.09. The second-order valence-electron chi connectivity index (χ2n) is 4.19. The molecule has 2 aromatic rings. The van der Waals surface area contributed by atoms with Gasteiger partial charge in [0, 0.05) is 12.4 Å². The van der Waals surface area contributed by atoms with Crippen LogP contribution in [0, 0.1) is 6.92 Å². The summed E-state index contributed by atoms with van der Waals surface area (Å²) in [6.07, 6.45) is 5.65. The average Bonchev–Trinajstić information content (AvgIpc) is 2.69. The smallest absolute Gasteiger partial charge is 0.0991 e. The highest BCUT2D eigenvalue weighted by molar-refractivity contribution is 5.45. The lowest BCUT2D eigenvalue weighted by molar-refractivity contribution is 0.845. The Labute approximate surface area is 90.6 Å². The van der Waals surface area contributed by atoms with Gasteiger partial charge in [-0.2, -0.15) is 0 Å². The third kappa shape index (κ3) is 1.94. The van der Waals surface area contributed by atoms with Crippen LogP contribution in [0.4, 0.5) is 0 Å². The van der Waals surface area contributed by atoms with E-state index in [-0.39, 0.29) is 0 Å². The van der Waals surface area contributed by atoms with Gasteiger partial charge < -0.3 is 4.57 Å². The van der Waals surface area contributed by atoms with Crippen molar-refractivity contribution in [3.8, 4) is 5.69 Å². The fraction of sp³-hybridized carbons (Fsp3) is 0.308. The van der Waals surface area contributed by atoms with Crippen LogP contribution in [-0.4, -0.2) is 9.55 Å². The molecule has 0 saturated heterocycles. The standard InChI is InChI=1S/C13H16N2/c1-10(2)12-5-4-11(3)8-13(12)15-7-6-14-9-15/h4-10H,1-3H3. The van der Waals surface area contributed by atoms with E-state index in [1.54, 1.807) is 0 Å². The second kappa shape index (κ2) is 3.89. The molecule has 0 saturated carbocycles. The van der Waals surface area contributed by atoms with E-state index in [9.17, 15) is 0 Å². The van der Waals surface area contributed by atoms with Crippen LogP contribution >= 0.6 is 0 Å². The zero-order chi connectivity index (χ0) is 10.8. The molecule has 0 aliphatic rings. The minimum Gasteiger partial charge on any atom is -0.306 e. The van der Waals surface area contributed by atoms with Crippen molar-refractivity contribution >= 4 is 0 Å². The molecule has 0 radical (unpaired) electrons. The number of benzene rings is 1. The second-order valence-corrected chi connectivity index (χ2v) is 4.19. The highest BCUT2D eigenvalue weighted by Crippen LogP contribution is 2.23. The van der Waals surface area contributed by atoms with E-state index >= 15 is 0 Å². The average molecular weight is 200 g/mol. The zero-order valence-electron chi connectivity index (χ0n) is 9.44. The first-order valence-corrected chi connectivity index (χ1v) is 5.27. The van der Waals surface area contributed by atoms with Crippen molar-refractivity contribution < 1.29 is 0 Å². The molecular weight excluding hydrogens is 184 g/mol. The molecule has 0 bridgehead atoms. The van der Waals surface area contributed by atoms with Gasteiger partial charge in [-0.3, -0.25) is 0 Å². The summed E-state index contributed by atoms with van der Waals surface area (Å²) in [6, 6.07) is 6.57. The van der Waals surface area contributed by atoms with Crippen LogP contribution in [0.15, 0.2) is 36.9 Å². The molecule has 0 unspecified atom stereocenters. The first kappa shape index (κ1) is 9.97. The molecule has 2 nitrogen and oxygen atoms in total. The molecule has 0 atom stereocenters. The fourth-order valence-electron chi connectivity index (χ4n) is 1.77. The Morgan fingerprint density at radius 2 is 2.07 bits per heavy atom. The first-order chi connectivity index (χ1) is 7.18. The number of imidazole rings is 1.